The number of benzene rings is 2. The van der Waals surface area contributed by atoms with Gasteiger partial charge in [-0.25, -0.2) is 0 Å². The van der Waals surface area contributed by atoms with Gasteiger partial charge in [0.2, 0.25) is 5.69 Å². The number of nitrogens with zero attached hydrogens (tertiary/aromatic N) is 1. The normalized spacial score (nSPS) is 11.8. The van der Waals surface area contributed by atoms with Crippen LogP contribution in [0.5, 0.6) is 0 Å². The minimum atomic E-state index is 0.545. The molecule has 0 aliphatic rings. The summed E-state index contributed by atoms with van der Waals surface area (Å²) < 4.78 is 3.70. The summed E-state index contributed by atoms with van der Waals surface area (Å²) in [7, 11) is 2.17. The summed E-state index contributed by atoms with van der Waals surface area (Å²) in [6.45, 7) is 11.4. The Bertz CT molecular complexity index is 1150. The molecule has 0 aliphatic carbocycles. The van der Waals surface area contributed by atoms with E-state index in [1.165, 1.54) is 53.7 Å². The quantitative estimate of drug-likeness (QED) is 0.355. The van der Waals surface area contributed by atoms with Gasteiger partial charge in [-0.3, -0.25) is 0 Å². The molecular weight excluding hydrogens is 334 g/mol. The van der Waals surface area contributed by atoms with Crippen LogP contribution in [0.1, 0.15) is 41.3 Å². The molecule has 1 nitrogen and oxygen atoms in total. The van der Waals surface area contributed by atoms with Gasteiger partial charge in [0.05, 0.1) is 5.56 Å². The average Bonchev–Trinajstić information content (AvgIpc) is 2.94. The van der Waals surface area contributed by atoms with E-state index in [1.54, 1.807) is 0 Å². The van der Waals surface area contributed by atoms with Crippen molar-refractivity contribution in [3.05, 3.63) is 64.2 Å². The fraction of sp³-hybridized carbons (Fsp3) is 0.292. The molecule has 2 aromatic carbocycles. The van der Waals surface area contributed by atoms with E-state index in [1.807, 2.05) is 11.3 Å². The van der Waals surface area contributed by atoms with Crippen molar-refractivity contribution < 1.29 is 4.57 Å². The number of thiophene rings is 1. The van der Waals surface area contributed by atoms with Crippen LogP contribution < -0.4 is 4.57 Å². The maximum Gasteiger partial charge on any atom is 0.230 e. The van der Waals surface area contributed by atoms with Crippen LogP contribution >= 0.6 is 11.3 Å². The number of rotatable bonds is 2. The van der Waals surface area contributed by atoms with Crippen LogP contribution in [0.25, 0.3) is 32.1 Å². The molecule has 132 valence electrons. The lowest BCUT2D eigenvalue weighted by Gasteiger charge is -2.12. The van der Waals surface area contributed by atoms with Gasteiger partial charge in [0.25, 0.3) is 0 Å². The van der Waals surface area contributed by atoms with Gasteiger partial charge >= 0.3 is 0 Å². The van der Waals surface area contributed by atoms with Crippen molar-refractivity contribution in [2.24, 2.45) is 7.05 Å². The molecule has 0 saturated carbocycles. The summed E-state index contributed by atoms with van der Waals surface area (Å²) in [6.07, 6.45) is 2.22. The molecule has 2 heteroatoms. The predicted octanol–water partition coefficient (Wildman–Crippen LogP) is 6.59. The summed E-state index contributed by atoms with van der Waals surface area (Å²) in [4.78, 5) is 1.44. The molecular formula is C24H26NS+. The van der Waals surface area contributed by atoms with Crippen molar-refractivity contribution in [1.82, 2.24) is 0 Å². The van der Waals surface area contributed by atoms with Crippen molar-refractivity contribution in [2.45, 2.75) is 40.5 Å². The van der Waals surface area contributed by atoms with E-state index in [0.29, 0.717) is 5.92 Å². The minimum Gasteiger partial charge on any atom is -0.200 e. The average molecular weight is 361 g/mol. The highest BCUT2D eigenvalue weighted by Gasteiger charge is 2.24. The first-order valence-corrected chi connectivity index (χ1v) is 10.1. The highest BCUT2D eigenvalue weighted by molar-refractivity contribution is 7.19. The number of fused-ring (bicyclic) bond motifs is 2. The Balaban J connectivity index is 2.13. The third-order valence-electron chi connectivity index (χ3n) is 5.56. The Morgan fingerprint density at radius 2 is 1.62 bits per heavy atom. The first-order chi connectivity index (χ1) is 12.4. The van der Waals surface area contributed by atoms with Crippen LogP contribution in [-0.4, -0.2) is 0 Å². The molecule has 0 unspecified atom stereocenters. The lowest BCUT2D eigenvalue weighted by atomic mass is 9.93. The highest BCUT2D eigenvalue weighted by Crippen LogP contribution is 2.41. The second-order valence-electron chi connectivity index (χ2n) is 7.66. The second kappa shape index (κ2) is 6.21. The van der Waals surface area contributed by atoms with Crippen molar-refractivity contribution in [3.8, 4) is 11.3 Å². The molecule has 0 bridgehead atoms. The van der Waals surface area contributed by atoms with Gasteiger partial charge in [0.15, 0.2) is 6.20 Å². The molecule has 0 radical (unpaired) electrons. The first kappa shape index (κ1) is 17.2. The van der Waals surface area contributed by atoms with Crippen LogP contribution in [-0.2, 0) is 7.05 Å². The summed E-state index contributed by atoms with van der Waals surface area (Å²) in [6, 6.07) is 13.4. The Morgan fingerprint density at radius 3 is 2.31 bits per heavy atom. The van der Waals surface area contributed by atoms with E-state index in [2.05, 4.69) is 88.8 Å². The van der Waals surface area contributed by atoms with Crippen molar-refractivity contribution in [2.75, 3.05) is 0 Å². The lowest BCUT2D eigenvalue weighted by molar-refractivity contribution is -0.659. The van der Waals surface area contributed by atoms with Gasteiger partial charge < -0.3 is 0 Å². The summed E-state index contributed by atoms with van der Waals surface area (Å²) in [5.41, 5.74) is 6.91. The van der Waals surface area contributed by atoms with Crippen molar-refractivity contribution >= 4 is 32.2 Å². The van der Waals surface area contributed by atoms with E-state index in [4.69, 9.17) is 0 Å². The molecule has 0 saturated heterocycles. The van der Waals surface area contributed by atoms with Crippen molar-refractivity contribution in [3.63, 3.8) is 0 Å². The smallest absolute Gasteiger partial charge is 0.200 e. The van der Waals surface area contributed by atoms with Gasteiger partial charge in [-0.05, 0) is 60.2 Å². The molecule has 2 aromatic heterocycles. The van der Waals surface area contributed by atoms with Gasteiger partial charge in [0, 0.05) is 16.3 Å². The highest BCUT2D eigenvalue weighted by atomic mass is 32.1. The Morgan fingerprint density at radius 1 is 0.923 bits per heavy atom. The number of hydrogen-bond donors (Lipinski definition) is 0. The zero-order chi connectivity index (χ0) is 18.6. The number of aromatic nitrogens is 1. The van der Waals surface area contributed by atoms with E-state index >= 15 is 0 Å². The molecule has 0 fully saturated rings. The minimum absolute atomic E-state index is 0.545. The third-order valence-corrected chi connectivity index (χ3v) is 6.70. The zero-order valence-electron chi connectivity index (χ0n) is 16.5. The van der Waals surface area contributed by atoms with E-state index in [9.17, 15) is 0 Å². The molecule has 4 aromatic rings. The fourth-order valence-electron chi connectivity index (χ4n) is 4.31. The molecule has 26 heavy (non-hydrogen) atoms. The molecule has 0 atom stereocenters. The molecule has 0 N–H and O–H groups in total. The maximum absolute atomic E-state index is 2.37. The Kier molecular flexibility index (Phi) is 4.11. The van der Waals surface area contributed by atoms with Crippen LogP contribution in [0.15, 0.2) is 42.6 Å². The van der Waals surface area contributed by atoms with Gasteiger partial charge in [0.1, 0.15) is 11.7 Å². The number of hydrogen-bond acceptors (Lipinski definition) is 1. The molecule has 4 rings (SSSR count). The first-order valence-electron chi connectivity index (χ1n) is 9.31. The third kappa shape index (κ3) is 2.47. The van der Waals surface area contributed by atoms with E-state index < -0.39 is 0 Å². The molecule has 2 heterocycles. The van der Waals surface area contributed by atoms with Crippen LogP contribution in [0.3, 0.4) is 0 Å². The van der Waals surface area contributed by atoms with Crippen LogP contribution in [0.2, 0.25) is 0 Å². The maximum atomic E-state index is 2.37. The van der Waals surface area contributed by atoms with Gasteiger partial charge in [-0.15, -0.1) is 11.3 Å². The van der Waals surface area contributed by atoms with Gasteiger partial charge in [-0.2, -0.15) is 4.57 Å². The topological polar surface area (TPSA) is 3.88 Å². The monoisotopic (exact) mass is 360 g/mol. The summed E-state index contributed by atoms with van der Waals surface area (Å²) in [5.74, 6) is 0.545. The molecule has 0 spiro atoms. The summed E-state index contributed by atoms with van der Waals surface area (Å²) >= 11 is 1.94. The largest absolute Gasteiger partial charge is 0.230 e. The van der Waals surface area contributed by atoms with Gasteiger partial charge in [-0.1, -0.05) is 38.1 Å². The lowest BCUT2D eigenvalue weighted by Crippen LogP contribution is -2.30. The number of aryl methyl sites for hydroxylation is 4. The van der Waals surface area contributed by atoms with Crippen molar-refractivity contribution in [1.29, 1.82) is 0 Å². The van der Waals surface area contributed by atoms with Crippen LogP contribution in [0.4, 0.5) is 0 Å². The number of pyridine rings is 1. The van der Waals surface area contributed by atoms with E-state index in [0.717, 1.165) is 0 Å². The molecule has 0 amide bonds. The molecule has 0 aliphatic heterocycles. The summed E-state index contributed by atoms with van der Waals surface area (Å²) in [5, 5.41) is 4.13. The zero-order valence-corrected chi connectivity index (χ0v) is 17.3. The Hall–Kier alpha value is -2.19. The fourth-order valence-corrected chi connectivity index (χ4v) is 5.72. The van der Waals surface area contributed by atoms with Crippen LogP contribution in [0, 0.1) is 20.8 Å². The SMILES string of the molecule is Cc1sc2c(-c3cc(C)c4ccccc4c3C)[n+](C)ccc2c1C(C)C. The standard InChI is InChI=1S/C24H26NS/c1-14(2)22-17(5)26-24-20(22)11-12-25(6)23(24)21-13-15(3)18-9-7-8-10-19(18)16(21)4/h7-14H,1-6H3/q+1. The predicted molar refractivity (Wildman–Crippen MR) is 114 cm³/mol. The second-order valence-corrected chi connectivity index (χ2v) is 8.88. The Labute approximate surface area is 159 Å². The van der Waals surface area contributed by atoms with E-state index in [-0.39, 0.29) is 0 Å².